The number of rotatable bonds is 30. The van der Waals surface area contributed by atoms with Crippen LogP contribution in [0, 0.1) is 0 Å². The third-order valence-electron chi connectivity index (χ3n) is 10.9. The van der Waals surface area contributed by atoms with Crippen molar-refractivity contribution < 1.29 is 105 Å². The van der Waals surface area contributed by atoms with Crippen LogP contribution >= 0.6 is 0 Å². The SMILES string of the molecule is C[C@@H](NC(=O)[C@@H](NC(=O)[C@H](CC(=O)O)NC(=O)[C@@H](NC(=O)CC[C@H](NC(=O)c1ccc(NCc2cnc3nc(N)[nH]c(=O)c3n2)cc1)C(=O)O)[C@@H](O)[C@H](O)[C@H](O)CO)[C@@H](O)[C@H](O)[C@H](O)CO)[C@@H](O)[C@H](O)[C@H](O)CO. The number of amides is 5. The number of H-pyrrole nitrogens is 1. The van der Waals surface area contributed by atoms with E-state index < -0.39 is 171 Å². The number of hydrogen-bond acceptors (Lipinski definition) is 25. The van der Waals surface area contributed by atoms with Gasteiger partial charge in [-0.1, -0.05) is 0 Å². The number of anilines is 2. The van der Waals surface area contributed by atoms with E-state index in [1.807, 2.05) is 16.0 Å². The summed E-state index contributed by atoms with van der Waals surface area (Å²) < 4.78 is 0. The number of aliphatic hydroxyl groups excluding tert-OH is 12. The number of nitrogens with two attached hydrogens (primary N) is 1. The Bertz CT molecular complexity index is 2470. The molecule has 0 unspecified atom stereocenters. The Balaban J connectivity index is 1.78. The normalized spacial score (nSPS) is 17.2. The van der Waals surface area contributed by atoms with Crippen molar-refractivity contribution in [3.05, 3.63) is 52.1 Å². The molecular weight excluding hydrogens is 999 g/mol. The first-order valence-corrected chi connectivity index (χ1v) is 22.0. The molecule has 0 aliphatic carbocycles. The van der Waals surface area contributed by atoms with Crippen molar-refractivity contribution >= 4 is 64.3 Å². The van der Waals surface area contributed by atoms with Gasteiger partial charge in [0.05, 0.1) is 50.7 Å². The lowest BCUT2D eigenvalue weighted by Crippen LogP contribution is -2.65. The summed E-state index contributed by atoms with van der Waals surface area (Å²) in [6.45, 7) is -2.47. The fourth-order valence-electron chi connectivity index (χ4n) is 6.62. The minimum Gasteiger partial charge on any atom is -0.481 e. The van der Waals surface area contributed by atoms with Crippen LogP contribution in [-0.2, 0) is 35.3 Å². The van der Waals surface area contributed by atoms with Crippen LogP contribution in [0.5, 0.6) is 0 Å². The maximum absolute atomic E-state index is 13.7. The number of benzene rings is 1. The van der Waals surface area contributed by atoms with Gasteiger partial charge in [-0.25, -0.2) is 14.8 Å². The Labute approximate surface area is 416 Å². The van der Waals surface area contributed by atoms with E-state index in [0.29, 0.717) is 11.4 Å². The molecular formula is C41H59N11O22. The molecule has 0 spiro atoms. The van der Waals surface area contributed by atoms with Crippen LogP contribution in [0.2, 0.25) is 0 Å². The quantitative estimate of drug-likeness (QED) is 0.0295. The number of carboxylic acids is 2. The van der Waals surface area contributed by atoms with Crippen LogP contribution in [0.3, 0.4) is 0 Å². The van der Waals surface area contributed by atoms with Crippen LogP contribution < -0.4 is 43.2 Å². The molecule has 5 amide bonds. The van der Waals surface area contributed by atoms with Gasteiger partial charge in [0.2, 0.25) is 29.6 Å². The van der Waals surface area contributed by atoms with E-state index in [1.54, 1.807) is 5.32 Å². The average Bonchev–Trinajstić information content (AvgIpc) is 3.37. The second-order valence-corrected chi connectivity index (χ2v) is 16.5. The van der Waals surface area contributed by atoms with E-state index in [4.69, 9.17) is 10.8 Å². The zero-order chi connectivity index (χ0) is 55.7. The number of carbonyl (C=O) groups excluding carboxylic acids is 5. The zero-order valence-corrected chi connectivity index (χ0v) is 38.9. The molecule has 1 aromatic carbocycles. The second kappa shape index (κ2) is 28.3. The molecule has 33 heteroatoms. The lowest BCUT2D eigenvalue weighted by molar-refractivity contribution is -0.146. The molecule has 2 heterocycles. The predicted molar refractivity (Wildman–Crippen MR) is 245 cm³/mol. The maximum atomic E-state index is 13.7. The summed E-state index contributed by atoms with van der Waals surface area (Å²) in [6, 6.07) is -5.35. The molecule has 0 aliphatic heterocycles. The van der Waals surface area contributed by atoms with Gasteiger partial charge in [-0.3, -0.25) is 38.5 Å². The van der Waals surface area contributed by atoms with Crippen LogP contribution in [0.15, 0.2) is 35.3 Å². The van der Waals surface area contributed by atoms with Crippen molar-refractivity contribution in [1.82, 2.24) is 46.5 Å². The molecule has 0 aliphatic rings. The van der Waals surface area contributed by atoms with Gasteiger partial charge in [-0.05, 0) is 37.6 Å². The molecule has 3 rings (SSSR count). The number of aliphatic carboxylic acids is 2. The number of carboxylic acid groups (broad SMARTS) is 2. The van der Waals surface area contributed by atoms with Crippen molar-refractivity contribution in [2.24, 2.45) is 0 Å². The molecule has 2 aromatic heterocycles. The largest absolute Gasteiger partial charge is 0.481 e. The predicted octanol–water partition coefficient (Wildman–Crippen LogP) is -10.5. The highest BCUT2D eigenvalue weighted by Gasteiger charge is 2.42. The third kappa shape index (κ3) is 17.2. The molecule has 14 atom stereocenters. The topological polar surface area (TPSA) is 572 Å². The van der Waals surface area contributed by atoms with E-state index in [-0.39, 0.29) is 29.2 Å². The molecule has 74 heavy (non-hydrogen) atoms. The molecule has 0 fully saturated rings. The average molecular weight is 1060 g/mol. The van der Waals surface area contributed by atoms with E-state index in [9.17, 15) is 105 Å². The molecule has 33 nitrogen and oxygen atoms in total. The highest BCUT2D eigenvalue weighted by molar-refractivity contribution is 5.98. The first-order chi connectivity index (χ1) is 34.7. The van der Waals surface area contributed by atoms with E-state index in [0.717, 1.165) is 6.92 Å². The fourth-order valence-corrected chi connectivity index (χ4v) is 6.62. The molecule has 0 bridgehead atoms. The number of aromatic nitrogens is 4. The van der Waals surface area contributed by atoms with E-state index in [2.05, 4.69) is 30.6 Å². The van der Waals surface area contributed by atoms with Crippen molar-refractivity contribution in [3.8, 4) is 0 Å². The summed E-state index contributed by atoms with van der Waals surface area (Å²) >= 11 is 0. The number of carbonyl (C=O) groups is 7. The first kappa shape index (κ1) is 61.2. The van der Waals surface area contributed by atoms with Crippen molar-refractivity contribution in [3.63, 3.8) is 0 Å². The highest BCUT2D eigenvalue weighted by atomic mass is 16.4. The van der Waals surface area contributed by atoms with E-state index in [1.165, 1.54) is 30.5 Å². The Kier molecular flexibility index (Phi) is 23.4. The summed E-state index contributed by atoms with van der Waals surface area (Å²) in [6.07, 6.45) is -22.4. The minimum absolute atomic E-state index is 0.0210. The van der Waals surface area contributed by atoms with Gasteiger partial charge in [0.1, 0.15) is 79.1 Å². The van der Waals surface area contributed by atoms with E-state index >= 15 is 0 Å². The number of nitrogen functional groups attached to an aromatic ring is 1. The van der Waals surface area contributed by atoms with Gasteiger partial charge in [0.15, 0.2) is 11.2 Å². The van der Waals surface area contributed by atoms with Gasteiger partial charge < -0.3 is 109 Å². The van der Waals surface area contributed by atoms with Crippen LogP contribution in [0.25, 0.3) is 11.2 Å². The lowest BCUT2D eigenvalue weighted by Gasteiger charge is -2.33. The molecule has 0 saturated heterocycles. The summed E-state index contributed by atoms with van der Waals surface area (Å²) in [4.78, 5) is 118. The monoisotopic (exact) mass is 1060 g/mol. The number of fused-ring (bicyclic) bond motifs is 1. The Morgan fingerprint density at radius 3 is 1.70 bits per heavy atom. The van der Waals surface area contributed by atoms with Crippen molar-refractivity contribution in [1.29, 1.82) is 0 Å². The maximum Gasteiger partial charge on any atom is 0.326 e. The number of aromatic amines is 1. The smallest absolute Gasteiger partial charge is 0.326 e. The second-order valence-electron chi connectivity index (χ2n) is 16.5. The molecule has 23 N–H and O–H groups in total. The standard InChI is InChI=1S/C41H59N11O22/c1-14(28(62)29(63)20(56)11-53)45-37(70)26(33(67)31(65)22(58)13-55)50-36(69)19(8-24(60)61)48-38(71)25(32(66)30(64)21(57)12-54)49-23(59)7-6-18(40(73)74)47-35(68)15-2-4-16(5-3-15)43-9-17-10-44-34-27(46-17)39(72)52-41(42)51-34/h2-5,10,14,18-22,25-26,28-33,43,53-58,62-67H,6-9,11-13H2,1H3,(H,45,70)(H,47,68)(H,48,71)(H,49,59)(H,50,69)(H,60,61)(H,73,74)(H3,42,44,51,52,72)/t14-,18+,19+,20-,21-,22-,25+,26+,28-,29-,30-,31-,32-,33-/m1/s1. The number of hydrogen-bond donors (Lipinski definition) is 22. The molecule has 3 aromatic rings. The highest BCUT2D eigenvalue weighted by Crippen LogP contribution is 2.15. The van der Waals surface area contributed by atoms with Gasteiger partial charge in [-0.2, -0.15) is 4.98 Å². The summed E-state index contributed by atoms with van der Waals surface area (Å²) in [5.41, 5.74) is 5.57. The molecule has 410 valence electrons. The third-order valence-corrected chi connectivity index (χ3v) is 10.9. The number of aliphatic hydroxyl groups is 12. The molecule has 0 radical (unpaired) electrons. The summed E-state index contributed by atoms with van der Waals surface area (Å²) in [7, 11) is 0. The fraction of sp³-hybridized carbons (Fsp3) is 0.537. The summed E-state index contributed by atoms with van der Waals surface area (Å²) in [5, 5.41) is 153. The van der Waals surface area contributed by atoms with Gasteiger partial charge in [0.25, 0.3) is 11.5 Å². The zero-order valence-electron chi connectivity index (χ0n) is 38.9. The van der Waals surface area contributed by atoms with Crippen LogP contribution in [0.4, 0.5) is 11.6 Å². The lowest BCUT2D eigenvalue weighted by atomic mass is 9.97. The van der Waals surface area contributed by atoms with Gasteiger partial charge in [-0.15, -0.1) is 0 Å². The van der Waals surface area contributed by atoms with Gasteiger partial charge >= 0.3 is 11.9 Å². The van der Waals surface area contributed by atoms with Gasteiger partial charge in [0, 0.05) is 17.7 Å². The van der Waals surface area contributed by atoms with Crippen molar-refractivity contribution in [2.45, 2.75) is 118 Å². The molecule has 0 saturated carbocycles. The minimum atomic E-state index is -2.62. The Morgan fingerprint density at radius 2 is 1.18 bits per heavy atom. The van der Waals surface area contributed by atoms with Crippen LogP contribution in [0.1, 0.15) is 42.2 Å². The number of nitrogens with zero attached hydrogens (tertiary/aromatic N) is 3. The van der Waals surface area contributed by atoms with Crippen LogP contribution in [-0.4, -0.2) is 238 Å². The number of nitrogens with one attached hydrogen (secondary N) is 7. The Morgan fingerprint density at radius 1 is 0.649 bits per heavy atom. The summed E-state index contributed by atoms with van der Waals surface area (Å²) in [5.74, 6) is -10.9. The Hall–Kier alpha value is -7.15. The first-order valence-electron chi connectivity index (χ1n) is 22.0. The van der Waals surface area contributed by atoms with Crippen molar-refractivity contribution in [2.75, 3.05) is 30.9 Å².